The van der Waals surface area contributed by atoms with Crippen molar-refractivity contribution in [3.05, 3.63) is 42.2 Å². The van der Waals surface area contributed by atoms with Crippen LogP contribution in [-0.2, 0) is 15.1 Å². The molecular weight excluding hydrogens is 340 g/mol. The lowest BCUT2D eigenvalue weighted by atomic mass is 9.82. The second-order valence-electron chi connectivity index (χ2n) is 7.09. The largest absolute Gasteiger partial charge is 0.461 e. The zero-order chi connectivity index (χ0) is 19.5. The third kappa shape index (κ3) is 4.46. The second kappa shape index (κ2) is 7.95. The van der Waals surface area contributed by atoms with E-state index < -0.39 is 18.1 Å². The lowest BCUT2D eigenvalue weighted by Crippen LogP contribution is -2.47. The highest BCUT2D eigenvalue weighted by Gasteiger charge is 2.38. The average Bonchev–Trinajstić information content (AvgIpc) is 3.04. The van der Waals surface area contributed by atoms with Crippen molar-refractivity contribution < 1.29 is 18.3 Å². The monoisotopic (exact) mass is 365 g/mol. The van der Waals surface area contributed by atoms with Gasteiger partial charge in [-0.1, -0.05) is 38.1 Å². The molecule has 0 bridgehead atoms. The van der Waals surface area contributed by atoms with Crippen LogP contribution in [0.1, 0.15) is 46.2 Å². The molecule has 0 amide bonds. The first-order chi connectivity index (χ1) is 12.1. The van der Waals surface area contributed by atoms with E-state index in [9.17, 15) is 13.6 Å². The maximum atomic E-state index is 12.7. The van der Waals surface area contributed by atoms with E-state index in [2.05, 4.69) is 5.10 Å². The number of nitrogens with zero attached hydrogens (tertiary/aromatic N) is 2. The van der Waals surface area contributed by atoms with Gasteiger partial charge in [0, 0.05) is 11.8 Å². The van der Waals surface area contributed by atoms with Crippen LogP contribution in [0.4, 0.5) is 8.78 Å². The Morgan fingerprint density at radius 1 is 1.19 bits per heavy atom. The highest BCUT2D eigenvalue weighted by Crippen LogP contribution is 2.30. The number of halogens is 2. The number of carbonyl (C=O) groups excluding carboxylic acids is 1. The molecule has 1 aromatic carbocycles. The Morgan fingerprint density at radius 3 is 2.27 bits per heavy atom. The number of rotatable bonds is 7. The van der Waals surface area contributed by atoms with Gasteiger partial charge in [-0.15, -0.1) is 0 Å². The molecule has 0 saturated carbocycles. The summed E-state index contributed by atoms with van der Waals surface area (Å²) in [7, 11) is 0. The van der Waals surface area contributed by atoms with Gasteiger partial charge in [0.2, 0.25) is 0 Å². The van der Waals surface area contributed by atoms with Crippen molar-refractivity contribution >= 4 is 5.97 Å². The minimum absolute atomic E-state index is 0.184. The quantitative estimate of drug-likeness (QED) is 0.750. The molecule has 1 aromatic heterocycles. The van der Waals surface area contributed by atoms with Gasteiger partial charge in [0.1, 0.15) is 5.54 Å². The summed E-state index contributed by atoms with van der Waals surface area (Å²) in [6.07, 6.45) is 2.81. The van der Waals surface area contributed by atoms with Gasteiger partial charge in [-0.25, -0.2) is 9.48 Å². The van der Waals surface area contributed by atoms with Crippen LogP contribution in [0.25, 0.3) is 11.1 Å². The number of aromatic nitrogens is 2. The van der Waals surface area contributed by atoms with E-state index in [0.717, 1.165) is 0 Å². The first-order valence-electron chi connectivity index (χ1n) is 8.56. The minimum Gasteiger partial charge on any atom is -0.461 e. The highest BCUT2D eigenvalue weighted by molar-refractivity contribution is 5.83. The fraction of sp³-hybridized carbons (Fsp3) is 0.474. The fourth-order valence-electron chi connectivity index (χ4n) is 2.84. The van der Waals surface area contributed by atoms with Crippen molar-refractivity contribution in [2.24, 2.45) is 11.7 Å². The Kier molecular flexibility index (Phi) is 6.13. The molecule has 0 spiro atoms. The molecule has 0 radical (unpaired) electrons. The number of hydrogen-bond acceptors (Lipinski definition) is 4. The Bertz CT molecular complexity index is 741. The molecule has 2 rings (SSSR count). The summed E-state index contributed by atoms with van der Waals surface area (Å²) in [5.74, 6) is -0.289. The molecule has 0 aliphatic carbocycles. The van der Waals surface area contributed by atoms with Crippen molar-refractivity contribution in [3.8, 4) is 11.1 Å². The third-order valence-corrected chi connectivity index (χ3v) is 3.97. The van der Waals surface area contributed by atoms with Gasteiger partial charge in [0.15, 0.2) is 0 Å². The minimum atomic E-state index is -2.68. The van der Waals surface area contributed by atoms with Gasteiger partial charge in [-0.3, -0.25) is 0 Å². The zero-order valence-corrected chi connectivity index (χ0v) is 15.4. The van der Waals surface area contributed by atoms with Crippen molar-refractivity contribution in [1.29, 1.82) is 0 Å². The summed E-state index contributed by atoms with van der Waals surface area (Å²) < 4.78 is 31.3. The predicted molar refractivity (Wildman–Crippen MR) is 95.5 cm³/mol. The lowest BCUT2D eigenvalue weighted by molar-refractivity contribution is -0.155. The maximum absolute atomic E-state index is 12.7. The van der Waals surface area contributed by atoms with E-state index >= 15 is 0 Å². The van der Waals surface area contributed by atoms with Crippen molar-refractivity contribution in [1.82, 2.24) is 9.78 Å². The molecule has 7 heteroatoms. The van der Waals surface area contributed by atoms with E-state index in [0.29, 0.717) is 27.8 Å². The van der Waals surface area contributed by atoms with E-state index in [4.69, 9.17) is 10.5 Å². The number of nitrogens with two attached hydrogens (primary N) is 1. The number of carbonyl (C=O) groups is 1. The molecular formula is C19H25F2N3O2. The first kappa shape index (κ1) is 20.0. The van der Waals surface area contributed by atoms with Crippen LogP contribution < -0.4 is 5.73 Å². The molecule has 1 heterocycles. The maximum Gasteiger partial charge on any atom is 0.333 e. The number of alkyl halides is 2. The number of benzene rings is 1. The Morgan fingerprint density at radius 2 is 1.81 bits per heavy atom. The number of hydrogen-bond donors (Lipinski definition) is 1. The molecule has 5 nitrogen and oxygen atoms in total. The molecule has 142 valence electrons. The summed E-state index contributed by atoms with van der Waals surface area (Å²) >= 11 is 0. The van der Waals surface area contributed by atoms with Gasteiger partial charge >= 0.3 is 12.5 Å². The van der Waals surface area contributed by atoms with Crippen LogP contribution in [0.2, 0.25) is 0 Å². The summed E-state index contributed by atoms with van der Waals surface area (Å²) in [5.41, 5.74) is 7.10. The number of ether oxygens (including phenoxy) is 1. The first-order valence-corrected chi connectivity index (χ1v) is 8.56. The molecule has 2 aromatic rings. The van der Waals surface area contributed by atoms with Crippen molar-refractivity contribution in [2.45, 2.75) is 52.3 Å². The zero-order valence-electron chi connectivity index (χ0n) is 15.4. The number of esters is 1. The van der Waals surface area contributed by atoms with E-state index in [1.54, 1.807) is 38.1 Å². The van der Waals surface area contributed by atoms with Crippen LogP contribution >= 0.6 is 0 Å². The van der Waals surface area contributed by atoms with Gasteiger partial charge in [-0.2, -0.15) is 13.9 Å². The van der Waals surface area contributed by atoms with Crippen LogP contribution in [0.5, 0.6) is 0 Å². The van der Waals surface area contributed by atoms with Gasteiger partial charge in [0.05, 0.1) is 12.3 Å². The molecule has 0 fully saturated rings. The molecule has 0 aliphatic heterocycles. The van der Waals surface area contributed by atoms with Crippen LogP contribution in [-0.4, -0.2) is 21.9 Å². The lowest BCUT2D eigenvalue weighted by Gasteiger charge is -2.30. The van der Waals surface area contributed by atoms with E-state index in [-0.39, 0.29) is 12.0 Å². The Balaban J connectivity index is 2.33. The molecule has 0 aliphatic rings. The Hall–Kier alpha value is -2.28. The van der Waals surface area contributed by atoms with E-state index in [1.807, 2.05) is 13.8 Å². The SMILES string of the molecule is CC(C)C[C@](N)(C(=O)OC(C)C)c1ccc(-c2cnn(C(F)F)c2)cc1. The smallest absolute Gasteiger partial charge is 0.333 e. The van der Waals surface area contributed by atoms with Gasteiger partial charge in [0.25, 0.3) is 0 Å². The predicted octanol–water partition coefficient (Wildman–Crippen LogP) is 4.10. The van der Waals surface area contributed by atoms with Gasteiger partial charge < -0.3 is 10.5 Å². The molecule has 1 atom stereocenters. The van der Waals surface area contributed by atoms with Gasteiger partial charge in [-0.05, 0) is 37.3 Å². The van der Waals surface area contributed by atoms with Crippen molar-refractivity contribution in [2.75, 3.05) is 0 Å². The molecule has 0 saturated heterocycles. The van der Waals surface area contributed by atoms with Crippen molar-refractivity contribution in [3.63, 3.8) is 0 Å². The topological polar surface area (TPSA) is 70.1 Å². The summed E-state index contributed by atoms with van der Waals surface area (Å²) in [6.45, 7) is 4.83. The summed E-state index contributed by atoms with van der Waals surface area (Å²) in [4.78, 5) is 12.6. The molecule has 2 N–H and O–H groups in total. The molecule has 0 unspecified atom stereocenters. The average molecular weight is 365 g/mol. The Labute approximate surface area is 152 Å². The van der Waals surface area contributed by atoms with Crippen LogP contribution in [0.15, 0.2) is 36.7 Å². The standard InChI is InChI=1S/C19H25F2N3O2/c1-12(2)9-19(22,17(25)26-13(3)4)16-7-5-14(6-8-16)15-10-23-24(11-15)18(20)21/h5-8,10-13,18H,9,22H2,1-4H3/t19-/m1/s1. The third-order valence-electron chi connectivity index (χ3n) is 3.97. The second-order valence-corrected chi connectivity index (χ2v) is 7.09. The van der Waals surface area contributed by atoms with E-state index in [1.165, 1.54) is 12.4 Å². The molecule has 26 heavy (non-hydrogen) atoms. The summed E-state index contributed by atoms with van der Waals surface area (Å²) in [5, 5.41) is 3.63. The van der Waals surface area contributed by atoms with Crippen LogP contribution in [0, 0.1) is 5.92 Å². The normalized spacial score (nSPS) is 14.1. The fourth-order valence-corrected chi connectivity index (χ4v) is 2.84. The highest BCUT2D eigenvalue weighted by atomic mass is 19.3. The van der Waals surface area contributed by atoms with Crippen LogP contribution in [0.3, 0.4) is 0 Å². The summed E-state index contributed by atoms with van der Waals surface area (Å²) in [6, 6.07) is 6.96.